The highest BCUT2D eigenvalue weighted by molar-refractivity contribution is 6.60. The lowest BCUT2D eigenvalue weighted by molar-refractivity contribution is -0.174. The Balaban J connectivity index is 1.80. The van der Waals surface area contributed by atoms with Gasteiger partial charge in [-0.05, 0) is 77.4 Å². The zero-order valence-corrected chi connectivity index (χ0v) is 35.7. The van der Waals surface area contributed by atoms with Crippen molar-refractivity contribution in [2.75, 3.05) is 21.3 Å². The van der Waals surface area contributed by atoms with Gasteiger partial charge in [0.2, 0.25) is 5.72 Å². The standard InChI is InChI=1S/C46H53N3O8Si/c1-30-28-49(41(52)48-40(30)51)44(29-47)43(58(8)9,27-31-14-13-17-37(26-31)56-7)46(53,42(2,3)4)39(57-44)38(50)45(32-15-11-10-12-16-32,33-18-22-35(54-5)23-19-33)34-20-24-36(55-6)25-21-34/h10-26,28,38-39,50,53,58H,27H2,1-9H3,(H,48,51,52)/t38?,39-,43?,44-,46+/m1/s1. The Kier molecular flexibility index (Phi) is 11.4. The summed E-state index contributed by atoms with van der Waals surface area (Å²) < 4.78 is 25.2. The third kappa shape index (κ3) is 6.28. The van der Waals surface area contributed by atoms with Gasteiger partial charge in [0.25, 0.3) is 5.56 Å². The number of rotatable bonds is 12. The molecule has 2 unspecified atom stereocenters. The molecule has 1 aliphatic heterocycles. The zero-order chi connectivity index (χ0) is 42.3. The third-order valence-corrected chi connectivity index (χ3v) is 15.4. The van der Waals surface area contributed by atoms with Gasteiger partial charge in [0.1, 0.15) is 41.1 Å². The molecule has 12 heteroatoms. The molecule has 1 aliphatic rings. The van der Waals surface area contributed by atoms with Gasteiger partial charge in [-0.1, -0.05) is 101 Å². The number of hydrogen-bond acceptors (Lipinski definition) is 9. The number of nitrogens with one attached hydrogen (secondary N) is 1. The Morgan fingerprint density at radius 3 is 1.86 bits per heavy atom. The van der Waals surface area contributed by atoms with E-state index in [4.69, 9.17) is 18.9 Å². The van der Waals surface area contributed by atoms with Gasteiger partial charge in [-0.2, -0.15) is 5.26 Å². The summed E-state index contributed by atoms with van der Waals surface area (Å²) in [7, 11) is 2.16. The van der Waals surface area contributed by atoms with E-state index in [1.165, 1.54) is 6.20 Å². The number of aromatic nitrogens is 2. The summed E-state index contributed by atoms with van der Waals surface area (Å²) in [5.41, 5.74) is -5.61. The molecular formula is C46H53N3O8Si. The second-order valence-corrected chi connectivity index (χ2v) is 19.8. The number of benzene rings is 4. The third-order valence-electron chi connectivity index (χ3n) is 12.4. The first-order valence-electron chi connectivity index (χ1n) is 19.3. The maximum absolute atomic E-state index is 14.4. The number of nitriles is 1. The number of hydrogen-bond donors (Lipinski definition) is 3. The molecule has 0 saturated carbocycles. The largest absolute Gasteiger partial charge is 0.497 e. The number of aryl methyl sites for hydroxylation is 1. The van der Waals surface area contributed by atoms with E-state index in [9.17, 15) is 25.1 Å². The van der Waals surface area contributed by atoms with Gasteiger partial charge in [-0.3, -0.25) is 14.3 Å². The van der Waals surface area contributed by atoms with Gasteiger partial charge in [0, 0.05) is 20.6 Å². The van der Waals surface area contributed by atoms with E-state index >= 15 is 0 Å². The van der Waals surface area contributed by atoms with Crippen LogP contribution in [0.25, 0.3) is 0 Å². The molecule has 11 nitrogen and oxygen atoms in total. The topological polar surface area (TPSA) is 156 Å². The number of aliphatic hydroxyl groups excluding tert-OH is 1. The van der Waals surface area contributed by atoms with Crippen LogP contribution < -0.4 is 25.5 Å². The molecule has 304 valence electrons. The molecule has 5 aromatic rings. The van der Waals surface area contributed by atoms with Gasteiger partial charge in [-0.15, -0.1) is 0 Å². The molecule has 1 fully saturated rings. The number of H-pyrrole nitrogens is 1. The molecule has 0 amide bonds. The van der Waals surface area contributed by atoms with Gasteiger partial charge >= 0.3 is 5.69 Å². The number of nitrogens with zero attached hydrogens (tertiary/aromatic N) is 2. The molecule has 5 atom stereocenters. The van der Waals surface area contributed by atoms with E-state index in [-0.39, 0.29) is 12.0 Å². The molecule has 0 radical (unpaired) electrons. The van der Waals surface area contributed by atoms with E-state index in [1.54, 1.807) is 28.3 Å². The number of aromatic amines is 1. The van der Waals surface area contributed by atoms with Crippen LogP contribution in [0, 0.1) is 23.7 Å². The van der Waals surface area contributed by atoms with Crippen molar-refractivity contribution in [1.82, 2.24) is 9.55 Å². The zero-order valence-electron chi connectivity index (χ0n) is 34.6. The lowest BCUT2D eigenvalue weighted by Gasteiger charge is -2.57. The Morgan fingerprint density at radius 1 is 0.845 bits per heavy atom. The van der Waals surface area contributed by atoms with Crippen molar-refractivity contribution in [1.29, 1.82) is 5.26 Å². The Bertz CT molecular complexity index is 2350. The van der Waals surface area contributed by atoms with Crippen molar-refractivity contribution in [2.24, 2.45) is 5.41 Å². The predicted molar refractivity (Wildman–Crippen MR) is 226 cm³/mol. The smallest absolute Gasteiger partial charge is 0.331 e. The monoisotopic (exact) mass is 803 g/mol. The number of ether oxygens (including phenoxy) is 4. The normalized spacial score (nSPS) is 22.6. The maximum atomic E-state index is 14.4. The van der Waals surface area contributed by atoms with Crippen LogP contribution in [0.2, 0.25) is 18.1 Å². The second kappa shape index (κ2) is 15.7. The first-order chi connectivity index (χ1) is 27.5. The summed E-state index contributed by atoms with van der Waals surface area (Å²) in [6, 6.07) is 34.0. The number of methoxy groups -OCH3 is 3. The molecule has 4 aromatic carbocycles. The average molecular weight is 804 g/mol. The molecule has 1 aromatic heterocycles. The highest BCUT2D eigenvalue weighted by atomic mass is 28.3. The molecule has 3 N–H and O–H groups in total. The molecule has 6 rings (SSSR count). The second-order valence-electron chi connectivity index (χ2n) is 16.5. The van der Waals surface area contributed by atoms with E-state index in [2.05, 4.69) is 11.1 Å². The average Bonchev–Trinajstić information content (AvgIpc) is 3.46. The summed E-state index contributed by atoms with van der Waals surface area (Å²) in [4.78, 5) is 29.5. The molecule has 0 bridgehead atoms. The van der Waals surface area contributed by atoms with Crippen LogP contribution in [0.4, 0.5) is 0 Å². The first-order valence-corrected chi connectivity index (χ1v) is 22.2. The minimum atomic E-state index is -2.55. The van der Waals surface area contributed by atoms with Gasteiger partial charge in [0.05, 0.1) is 31.8 Å². The van der Waals surface area contributed by atoms with Crippen molar-refractivity contribution >= 4 is 8.80 Å². The molecule has 1 saturated heterocycles. The summed E-state index contributed by atoms with van der Waals surface area (Å²) in [6.07, 6.45) is -1.83. The SMILES string of the molecule is COc1ccc(C(c2ccccc2)(c2ccc(OC)cc2)C(O)[C@H]2O[C@@](C#N)(n3cc(C)c(=O)[nH]c3=O)C(Cc3cccc(OC)c3)([SiH](C)C)[C@@]2(O)C(C)(C)C)cc1. The van der Waals surface area contributed by atoms with Gasteiger partial charge in [0.15, 0.2) is 0 Å². The fraction of sp³-hybridized carbons (Fsp3) is 0.370. The molecule has 0 aliphatic carbocycles. The lowest BCUT2D eigenvalue weighted by Crippen LogP contribution is -2.68. The quantitative estimate of drug-likeness (QED) is 0.100. The maximum Gasteiger partial charge on any atom is 0.331 e. The Hall–Kier alpha value is -5.45. The molecular weight excluding hydrogens is 751 g/mol. The van der Waals surface area contributed by atoms with E-state index in [1.807, 2.05) is 137 Å². The van der Waals surface area contributed by atoms with Crippen LogP contribution in [-0.2, 0) is 22.3 Å². The van der Waals surface area contributed by atoms with E-state index < -0.39 is 59.4 Å². The first kappa shape index (κ1) is 42.2. The fourth-order valence-electron chi connectivity index (χ4n) is 9.57. The summed E-state index contributed by atoms with van der Waals surface area (Å²) in [6.45, 7) is 11.2. The van der Waals surface area contributed by atoms with Gasteiger partial charge < -0.3 is 29.2 Å². The van der Waals surface area contributed by atoms with Crippen molar-refractivity contribution in [3.8, 4) is 23.3 Å². The van der Waals surface area contributed by atoms with Gasteiger partial charge in [-0.25, -0.2) is 4.79 Å². The molecule has 58 heavy (non-hydrogen) atoms. The summed E-state index contributed by atoms with van der Waals surface area (Å²) in [5.74, 6) is 1.75. The van der Waals surface area contributed by atoms with Crippen LogP contribution in [0.5, 0.6) is 17.2 Å². The Morgan fingerprint density at radius 2 is 1.38 bits per heavy atom. The minimum absolute atomic E-state index is 0.0483. The van der Waals surface area contributed by atoms with Crippen LogP contribution in [0.3, 0.4) is 0 Å². The van der Waals surface area contributed by atoms with Crippen molar-refractivity contribution in [2.45, 2.75) is 81.2 Å². The van der Waals surface area contributed by atoms with Crippen molar-refractivity contribution < 1.29 is 29.2 Å². The van der Waals surface area contributed by atoms with Crippen LogP contribution in [0.1, 0.15) is 48.6 Å². The van der Waals surface area contributed by atoms with Crippen LogP contribution >= 0.6 is 0 Å². The highest BCUT2D eigenvalue weighted by Gasteiger charge is 2.80. The van der Waals surface area contributed by atoms with E-state index in [0.29, 0.717) is 33.9 Å². The van der Waals surface area contributed by atoms with Crippen LogP contribution in [0.15, 0.2) is 119 Å². The molecule has 0 spiro atoms. The van der Waals surface area contributed by atoms with Crippen molar-refractivity contribution in [3.05, 3.63) is 158 Å². The lowest BCUT2D eigenvalue weighted by atomic mass is 9.57. The summed E-state index contributed by atoms with van der Waals surface area (Å²) in [5, 5.41) is 38.5. The minimum Gasteiger partial charge on any atom is -0.497 e. The fourth-order valence-corrected chi connectivity index (χ4v) is 12.7. The highest BCUT2D eigenvalue weighted by Crippen LogP contribution is 2.70. The predicted octanol–water partition coefficient (Wildman–Crippen LogP) is 6.09. The molecule has 2 heterocycles. The van der Waals surface area contributed by atoms with E-state index in [0.717, 1.165) is 10.1 Å². The number of aliphatic hydroxyl groups is 2. The van der Waals surface area contributed by atoms with Crippen molar-refractivity contribution in [3.63, 3.8) is 0 Å². The Labute approximate surface area is 341 Å². The summed E-state index contributed by atoms with van der Waals surface area (Å²) >= 11 is 0. The van der Waals surface area contributed by atoms with Crippen LogP contribution in [-0.4, -0.2) is 67.7 Å².